The van der Waals surface area contributed by atoms with Gasteiger partial charge in [0.2, 0.25) is 0 Å². The van der Waals surface area contributed by atoms with E-state index in [0.717, 1.165) is 12.5 Å². The van der Waals surface area contributed by atoms with Crippen LogP contribution in [-0.4, -0.2) is 48.3 Å². The lowest BCUT2D eigenvalue weighted by atomic mass is 9.85. The number of hydrogen-bond donors (Lipinski definition) is 1. The molecule has 8 heteroatoms. The number of likely N-dealkylation sites (tertiary alicyclic amines) is 1. The molecule has 168 valence electrons. The molecule has 0 radical (unpaired) electrons. The number of halogens is 4. The zero-order valence-corrected chi connectivity index (χ0v) is 19.6. The minimum atomic E-state index is -1.16. The van der Waals surface area contributed by atoms with Crippen LogP contribution < -0.4 is 0 Å². The molecule has 4 nitrogen and oxygen atoms in total. The molecule has 3 rings (SSSR count). The Bertz CT molecular complexity index is 963. The fourth-order valence-corrected chi connectivity index (χ4v) is 4.29. The molecule has 1 atom stereocenters. The van der Waals surface area contributed by atoms with Crippen LogP contribution in [0.5, 0.6) is 0 Å². The molecule has 0 saturated carbocycles. The Labute approximate surface area is 193 Å². The summed E-state index contributed by atoms with van der Waals surface area (Å²) < 4.78 is 48.6. The number of hydrogen-bond acceptors (Lipinski definition) is 3. The van der Waals surface area contributed by atoms with E-state index >= 15 is 0 Å². The Balaban J connectivity index is 1.76. The third kappa shape index (κ3) is 5.59. The molecule has 2 aromatic rings. The SMILES string of the molecule is COCC(C)CCC1(O)CN(C(=O)c2ccc(F)c(F)c2Cc2ccc(I)cc2F)C1. The van der Waals surface area contributed by atoms with Gasteiger partial charge in [-0.3, -0.25) is 4.79 Å². The molecule has 31 heavy (non-hydrogen) atoms. The van der Waals surface area contributed by atoms with Gasteiger partial charge in [-0.05, 0) is 71.2 Å². The fourth-order valence-electron chi connectivity index (χ4n) is 3.84. The number of benzene rings is 2. The van der Waals surface area contributed by atoms with Gasteiger partial charge >= 0.3 is 0 Å². The highest BCUT2D eigenvalue weighted by atomic mass is 127. The van der Waals surface area contributed by atoms with Crippen molar-refractivity contribution in [3.8, 4) is 0 Å². The van der Waals surface area contributed by atoms with Crippen LogP contribution >= 0.6 is 22.6 Å². The van der Waals surface area contributed by atoms with Crippen LogP contribution in [0, 0.1) is 26.9 Å². The lowest BCUT2D eigenvalue weighted by molar-refractivity contribution is -0.0894. The number of ether oxygens (including phenoxy) is 1. The summed E-state index contributed by atoms with van der Waals surface area (Å²) in [5.41, 5.74) is -1.04. The van der Waals surface area contributed by atoms with Gasteiger partial charge in [-0.1, -0.05) is 13.0 Å². The first kappa shape index (κ1) is 24.0. The van der Waals surface area contributed by atoms with Gasteiger partial charge in [-0.15, -0.1) is 0 Å². The van der Waals surface area contributed by atoms with E-state index in [1.54, 1.807) is 13.2 Å². The highest BCUT2D eigenvalue weighted by Crippen LogP contribution is 2.31. The summed E-state index contributed by atoms with van der Waals surface area (Å²) in [4.78, 5) is 14.4. The van der Waals surface area contributed by atoms with Crippen LogP contribution in [-0.2, 0) is 11.2 Å². The van der Waals surface area contributed by atoms with Crippen molar-refractivity contribution in [3.63, 3.8) is 0 Å². The van der Waals surface area contributed by atoms with E-state index in [0.29, 0.717) is 16.6 Å². The van der Waals surface area contributed by atoms with Gasteiger partial charge in [-0.25, -0.2) is 13.2 Å². The summed E-state index contributed by atoms with van der Waals surface area (Å²) in [6.45, 7) is 2.83. The van der Waals surface area contributed by atoms with Gasteiger partial charge in [0.15, 0.2) is 11.6 Å². The van der Waals surface area contributed by atoms with Crippen molar-refractivity contribution in [2.75, 3.05) is 26.8 Å². The van der Waals surface area contributed by atoms with Crippen LogP contribution in [0.3, 0.4) is 0 Å². The Kier molecular flexibility index (Phi) is 7.64. The molecule has 0 aromatic heterocycles. The predicted octanol–water partition coefficient (Wildman–Crippen LogP) is 4.55. The van der Waals surface area contributed by atoms with Gasteiger partial charge in [0.1, 0.15) is 5.82 Å². The molecule has 1 N–H and O–H groups in total. The lowest BCUT2D eigenvalue weighted by Crippen LogP contribution is -2.63. The standard InChI is InChI=1S/C23H25F3INO3/c1-14(11-31-2)7-8-23(30)12-28(13-23)22(29)17-5-6-19(24)21(26)18(17)9-15-3-4-16(27)10-20(15)25/h3-6,10,14,30H,7-9,11-13H2,1-2H3. The summed E-state index contributed by atoms with van der Waals surface area (Å²) >= 11 is 1.96. The highest BCUT2D eigenvalue weighted by molar-refractivity contribution is 14.1. The van der Waals surface area contributed by atoms with E-state index in [-0.39, 0.29) is 42.1 Å². The minimum absolute atomic E-state index is 0.0216. The molecule has 1 saturated heterocycles. The summed E-state index contributed by atoms with van der Waals surface area (Å²) in [5, 5.41) is 10.6. The molecule has 1 heterocycles. The third-order valence-corrected chi connectivity index (χ3v) is 6.29. The molecule has 1 aliphatic rings. The Morgan fingerprint density at radius 3 is 2.58 bits per heavy atom. The number of carbonyl (C=O) groups excluding carboxylic acids is 1. The van der Waals surface area contributed by atoms with Gasteiger partial charge in [0, 0.05) is 34.8 Å². The maximum atomic E-state index is 14.6. The third-order valence-electron chi connectivity index (χ3n) is 5.62. The first-order valence-electron chi connectivity index (χ1n) is 10.0. The number of nitrogens with zero attached hydrogens (tertiary/aromatic N) is 1. The summed E-state index contributed by atoms with van der Waals surface area (Å²) in [6, 6.07) is 6.58. The second-order valence-electron chi connectivity index (χ2n) is 8.28. The molecule has 0 aliphatic carbocycles. The normalized spacial score (nSPS) is 16.2. The van der Waals surface area contributed by atoms with Crippen molar-refractivity contribution in [1.29, 1.82) is 0 Å². The Morgan fingerprint density at radius 1 is 1.23 bits per heavy atom. The molecule has 2 aromatic carbocycles. The van der Waals surface area contributed by atoms with Gasteiger partial charge in [-0.2, -0.15) is 0 Å². The number of β-amino-alcohol motifs (C(OH)–C–C–N with tert-alkyl or cyclic N) is 1. The number of aliphatic hydroxyl groups is 1. The zero-order chi connectivity index (χ0) is 22.8. The maximum Gasteiger partial charge on any atom is 0.254 e. The van der Waals surface area contributed by atoms with E-state index in [9.17, 15) is 23.1 Å². The first-order valence-corrected chi connectivity index (χ1v) is 11.1. The van der Waals surface area contributed by atoms with E-state index in [1.807, 2.05) is 29.5 Å². The summed E-state index contributed by atoms with van der Waals surface area (Å²) in [5.74, 6) is -3.02. The van der Waals surface area contributed by atoms with Crippen molar-refractivity contribution in [2.24, 2.45) is 5.92 Å². The van der Waals surface area contributed by atoms with Crippen molar-refractivity contribution in [1.82, 2.24) is 4.90 Å². The quantitative estimate of drug-likeness (QED) is 0.494. The van der Waals surface area contributed by atoms with Crippen LogP contribution in [0.25, 0.3) is 0 Å². The van der Waals surface area contributed by atoms with E-state index in [2.05, 4.69) is 0 Å². The predicted molar refractivity (Wildman–Crippen MR) is 119 cm³/mol. The average Bonchev–Trinajstić information content (AvgIpc) is 2.69. The van der Waals surface area contributed by atoms with Gasteiger partial charge < -0.3 is 14.7 Å². The monoisotopic (exact) mass is 547 g/mol. The molecule has 1 amide bonds. The van der Waals surface area contributed by atoms with Crippen molar-refractivity contribution in [3.05, 3.63) is 68.0 Å². The molecule has 0 spiro atoms. The molecular formula is C23H25F3INO3. The second-order valence-corrected chi connectivity index (χ2v) is 9.53. The highest BCUT2D eigenvalue weighted by Gasteiger charge is 2.44. The van der Waals surface area contributed by atoms with Crippen molar-refractivity contribution in [2.45, 2.75) is 31.8 Å². The maximum absolute atomic E-state index is 14.6. The van der Waals surface area contributed by atoms with Crippen LogP contribution in [0.1, 0.15) is 41.3 Å². The number of amides is 1. The van der Waals surface area contributed by atoms with E-state index in [4.69, 9.17) is 4.74 Å². The second kappa shape index (κ2) is 9.87. The first-order chi connectivity index (χ1) is 14.6. The largest absolute Gasteiger partial charge is 0.386 e. The Hall–Kier alpha value is -1.65. The lowest BCUT2D eigenvalue weighted by Gasteiger charge is -2.47. The molecule has 1 aliphatic heterocycles. The van der Waals surface area contributed by atoms with Crippen LogP contribution in [0.4, 0.5) is 13.2 Å². The molecular weight excluding hydrogens is 522 g/mol. The van der Waals surface area contributed by atoms with Crippen molar-refractivity contribution >= 4 is 28.5 Å². The van der Waals surface area contributed by atoms with E-state index < -0.39 is 29.0 Å². The zero-order valence-electron chi connectivity index (χ0n) is 17.4. The van der Waals surface area contributed by atoms with Gasteiger partial charge in [0.25, 0.3) is 5.91 Å². The minimum Gasteiger partial charge on any atom is -0.386 e. The number of rotatable bonds is 8. The fraction of sp³-hybridized carbons (Fsp3) is 0.435. The average molecular weight is 547 g/mol. The van der Waals surface area contributed by atoms with Crippen LogP contribution in [0.2, 0.25) is 0 Å². The summed E-state index contributed by atoms with van der Waals surface area (Å²) in [6.07, 6.45) is 1.01. The van der Waals surface area contributed by atoms with Crippen LogP contribution in [0.15, 0.2) is 30.3 Å². The summed E-state index contributed by atoms with van der Waals surface area (Å²) in [7, 11) is 1.62. The number of methoxy groups -OCH3 is 1. The smallest absolute Gasteiger partial charge is 0.254 e. The van der Waals surface area contributed by atoms with E-state index in [1.165, 1.54) is 23.1 Å². The van der Waals surface area contributed by atoms with Crippen molar-refractivity contribution < 1.29 is 27.8 Å². The molecule has 0 bridgehead atoms. The molecule has 1 fully saturated rings. The Morgan fingerprint density at radius 2 is 1.94 bits per heavy atom. The number of carbonyl (C=O) groups is 1. The molecule has 1 unspecified atom stereocenters. The van der Waals surface area contributed by atoms with Gasteiger partial charge in [0.05, 0.1) is 18.7 Å². The topological polar surface area (TPSA) is 49.8 Å².